The number of rotatable bonds is 8. The summed E-state index contributed by atoms with van der Waals surface area (Å²) in [4.78, 5) is 0. The smallest absolute Gasteiger partial charge is 0.211 e. The van der Waals surface area contributed by atoms with E-state index in [0.717, 1.165) is 24.3 Å². The highest BCUT2D eigenvalue weighted by Gasteiger charge is 2.11. The van der Waals surface area contributed by atoms with Crippen LogP contribution in [0.5, 0.6) is 0 Å². The quantitative estimate of drug-likeness (QED) is 0.662. The van der Waals surface area contributed by atoms with Gasteiger partial charge in [-0.05, 0) is 26.4 Å². The topological polar surface area (TPSA) is 76.0 Å². The highest BCUT2D eigenvalue weighted by atomic mass is 32.2. The summed E-state index contributed by atoms with van der Waals surface area (Å²) in [6.07, 6.45) is 2.45. The molecule has 0 atom stereocenters. The zero-order valence-corrected chi connectivity index (χ0v) is 12.0. The Hall–Kier alpha value is -0.920. The largest absolute Gasteiger partial charge is 0.317 e. The highest BCUT2D eigenvalue weighted by Crippen LogP contribution is 2.04. The van der Waals surface area contributed by atoms with Crippen molar-refractivity contribution in [3.05, 3.63) is 17.5 Å². The number of hydrogen-bond donors (Lipinski definition) is 2. The Bertz CT molecular complexity index is 467. The van der Waals surface area contributed by atoms with Gasteiger partial charge in [-0.3, -0.25) is 4.68 Å². The number of nitrogens with zero attached hydrogens (tertiary/aromatic N) is 2. The first kappa shape index (κ1) is 15.1. The van der Waals surface area contributed by atoms with Crippen molar-refractivity contribution in [1.29, 1.82) is 0 Å². The lowest BCUT2D eigenvalue weighted by Gasteiger charge is -2.06. The number of aryl methyl sites for hydroxylation is 2. The van der Waals surface area contributed by atoms with Crippen LogP contribution in [0.4, 0.5) is 0 Å². The lowest BCUT2D eigenvalue weighted by molar-refractivity contribution is 0.575. The molecule has 0 aliphatic carbocycles. The van der Waals surface area contributed by atoms with Crippen LogP contribution in [0.1, 0.15) is 24.6 Å². The van der Waals surface area contributed by atoms with Crippen LogP contribution >= 0.6 is 0 Å². The molecule has 0 aromatic carbocycles. The van der Waals surface area contributed by atoms with E-state index >= 15 is 0 Å². The highest BCUT2D eigenvalue weighted by molar-refractivity contribution is 7.89. The molecule has 1 aromatic heterocycles. The van der Waals surface area contributed by atoms with E-state index in [0.29, 0.717) is 13.0 Å². The molecule has 0 unspecified atom stereocenters. The molecule has 0 aliphatic heterocycles. The third-order valence-electron chi connectivity index (χ3n) is 2.61. The maximum Gasteiger partial charge on any atom is 0.211 e. The average molecular weight is 274 g/mol. The van der Waals surface area contributed by atoms with E-state index in [1.165, 1.54) is 0 Å². The van der Waals surface area contributed by atoms with Gasteiger partial charge in [0.05, 0.1) is 11.4 Å². The maximum absolute atomic E-state index is 11.7. The van der Waals surface area contributed by atoms with Crippen molar-refractivity contribution in [3.63, 3.8) is 0 Å². The monoisotopic (exact) mass is 274 g/mol. The van der Waals surface area contributed by atoms with Crippen molar-refractivity contribution >= 4 is 10.0 Å². The molecule has 2 N–H and O–H groups in total. The van der Waals surface area contributed by atoms with Crippen molar-refractivity contribution in [1.82, 2.24) is 19.8 Å². The van der Waals surface area contributed by atoms with E-state index in [9.17, 15) is 8.42 Å². The summed E-state index contributed by atoms with van der Waals surface area (Å²) in [6, 6.07) is 0. The number of sulfonamides is 1. The van der Waals surface area contributed by atoms with Gasteiger partial charge in [-0.25, -0.2) is 13.1 Å². The Morgan fingerprint density at radius 1 is 1.44 bits per heavy atom. The summed E-state index contributed by atoms with van der Waals surface area (Å²) in [5, 5.41) is 7.27. The van der Waals surface area contributed by atoms with Crippen molar-refractivity contribution in [2.45, 2.75) is 26.8 Å². The fourth-order valence-corrected chi connectivity index (χ4v) is 2.69. The molecule has 18 heavy (non-hydrogen) atoms. The van der Waals surface area contributed by atoms with E-state index in [2.05, 4.69) is 15.1 Å². The molecule has 1 heterocycles. The molecule has 1 rings (SSSR count). The molecule has 0 saturated heterocycles. The predicted octanol–water partition coefficient (Wildman–Crippen LogP) is 0.148. The van der Waals surface area contributed by atoms with Crippen LogP contribution in [-0.2, 0) is 23.6 Å². The summed E-state index contributed by atoms with van der Waals surface area (Å²) in [6.45, 7) is 5.77. The Morgan fingerprint density at radius 3 is 2.72 bits per heavy atom. The summed E-state index contributed by atoms with van der Waals surface area (Å²) >= 11 is 0. The Labute approximate surface area is 109 Å². The summed E-state index contributed by atoms with van der Waals surface area (Å²) in [7, 11) is -1.37. The average Bonchev–Trinajstić information content (AvgIpc) is 2.61. The first-order valence-electron chi connectivity index (χ1n) is 6.12. The van der Waals surface area contributed by atoms with Crippen LogP contribution in [0.2, 0.25) is 0 Å². The van der Waals surface area contributed by atoms with Crippen LogP contribution in [-0.4, -0.2) is 37.0 Å². The van der Waals surface area contributed by atoms with Crippen molar-refractivity contribution in [2.75, 3.05) is 18.8 Å². The van der Waals surface area contributed by atoms with Gasteiger partial charge in [-0.1, -0.05) is 6.92 Å². The molecule has 0 saturated carbocycles. The second-order valence-corrected chi connectivity index (χ2v) is 6.19. The molecule has 0 bridgehead atoms. The molecule has 6 nitrogen and oxygen atoms in total. The second kappa shape index (κ2) is 6.86. The molecular formula is C11H22N4O2S. The van der Waals surface area contributed by atoms with Gasteiger partial charge in [0.1, 0.15) is 0 Å². The first-order valence-corrected chi connectivity index (χ1v) is 7.77. The van der Waals surface area contributed by atoms with Gasteiger partial charge in [0.2, 0.25) is 10.0 Å². The minimum Gasteiger partial charge on any atom is -0.317 e. The van der Waals surface area contributed by atoms with Crippen LogP contribution in [0.3, 0.4) is 0 Å². The van der Waals surface area contributed by atoms with Gasteiger partial charge in [0.25, 0.3) is 0 Å². The molecular weight excluding hydrogens is 252 g/mol. The SMILES string of the molecule is CCNCCCS(=O)(=O)NCc1cn(C)nc1C. The molecule has 0 radical (unpaired) electrons. The van der Waals surface area contributed by atoms with Crippen LogP contribution in [0, 0.1) is 6.92 Å². The van der Waals surface area contributed by atoms with E-state index in [1.54, 1.807) is 4.68 Å². The summed E-state index contributed by atoms with van der Waals surface area (Å²) in [5.74, 6) is 0.152. The second-order valence-electron chi connectivity index (χ2n) is 4.26. The molecule has 0 fully saturated rings. The summed E-state index contributed by atoms with van der Waals surface area (Å²) in [5.41, 5.74) is 1.76. The zero-order chi connectivity index (χ0) is 13.6. The first-order chi connectivity index (χ1) is 8.44. The number of aromatic nitrogens is 2. The van der Waals surface area contributed by atoms with E-state index in [4.69, 9.17) is 0 Å². The third kappa shape index (κ3) is 5.16. The molecule has 1 aromatic rings. The van der Waals surface area contributed by atoms with Crippen LogP contribution in [0.15, 0.2) is 6.20 Å². The fourth-order valence-electron chi connectivity index (χ4n) is 1.65. The Balaban J connectivity index is 2.39. The van der Waals surface area contributed by atoms with Gasteiger partial charge in [0.15, 0.2) is 0 Å². The Morgan fingerprint density at radius 2 is 2.17 bits per heavy atom. The lowest BCUT2D eigenvalue weighted by Crippen LogP contribution is -2.28. The van der Waals surface area contributed by atoms with Gasteiger partial charge >= 0.3 is 0 Å². The predicted molar refractivity (Wildman–Crippen MR) is 71.7 cm³/mol. The third-order valence-corrected chi connectivity index (χ3v) is 4.02. The standard InChI is InChI=1S/C11H22N4O2S/c1-4-12-6-5-7-18(16,17)13-8-11-9-15(3)14-10(11)2/h9,12-13H,4-8H2,1-3H3. The normalized spacial score (nSPS) is 11.9. The molecule has 0 aliphatic rings. The van der Waals surface area contributed by atoms with E-state index in [1.807, 2.05) is 27.1 Å². The van der Waals surface area contributed by atoms with E-state index in [-0.39, 0.29) is 5.75 Å². The van der Waals surface area contributed by atoms with Crippen molar-refractivity contribution < 1.29 is 8.42 Å². The molecule has 104 valence electrons. The maximum atomic E-state index is 11.7. The molecule has 0 amide bonds. The Kier molecular flexibility index (Phi) is 5.77. The number of nitrogens with one attached hydrogen (secondary N) is 2. The van der Waals surface area contributed by atoms with Crippen LogP contribution < -0.4 is 10.0 Å². The van der Waals surface area contributed by atoms with Crippen molar-refractivity contribution in [3.8, 4) is 0 Å². The number of hydrogen-bond acceptors (Lipinski definition) is 4. The minimum absolute atomic E-state index is 0.152. The van der Waals surface area contributed by atoms with Gasteiger partial charge in [-0.2, -0.15) is 5.10 Å². The van der Waals surface area contributed by atoms with E-state index < -0.39 is 10.0 Å². The van der Waals surface area contributed by atoms with Gasteiger partial charge < -0.3 is 5.32 Å². The minimum atomic E-state index is -3.19. The fraction of sp³-hybridized carbons (Fsp3) is 0.727. The van der Waals surface area contributed by atoms with Gasteiger partial charge in [-0.15, -0.1) is 0 Å². The zero-order valence-electron chi connectivity index (χ0n) is 11.2. The molecule has 7 heteroatoms. The summed E-state index contributed by atoms with van der Waals surface area (Å²) < 4.78 is 27.7. The van der Waals surface area contributed by atoms with Crippen molar-refractivity contribution in [2.24, 2.45) is 7.05 Å². The lowest BCUT2D eigenvalue weighted by atomic mass is 10.3. The van der Waals surface area contributed by atoms with Crippen LogP contribution in [0.25, 0.3) is 0 Å². The van der Waals surface area contributed by atoms with Gasteiger partial charge in [0, 0.05) is 25.4 Å². The molecule has 0 spiro atoms.